The fourth-order valence-electron chi connectivity index (χ4n) is 2.27. The molecule has 1 heterocycles. The molecule has 0 unspecified atom stereocenters. The summed E-state index contributed by atoms with van der Waals surface area (Å²) in [5.41, 5.74) is 1.42. The van der Waals surface area contributed by atoms with Crippen LogP contribution < -0.4 is 14.2 Å². The van der Waals surface area contributed by atoms with Gasteiger partial charge in [0.25, 0.3) is 0 Å². The molecule has 0 fully saturated rings. The minimum atomic E-state index is -1.06. The van der Waals surface area contributed by atoms with Crippen molar-refractivity contribution in [3.63, 3.8) is 0 Å². The molecule has 0 saturated heterocycles. The van der Waals surface area contributed by atoms with Crippen molar-refractivity contribution in [1.29, 1.82) is 0 Å². The molecule has 23 heavy (non-hydrogen) atoms. The third-order valence-electron chi connectivity index (χ3n) is 3.59. The quantitative estimate of drug-likeness (QED) is 0.800. The van der Waals surface area contributed by atoms with Gasteiger partial charge in [0.15, 0.2) is 11.5 Å². The molecule has 7 nitrogen and oxygen atoms in total. The van der Waals surface area contributed by atoms with E-state index in [-0.39, 0.29) is 12.7 Å². The molecular weight excluding hydrogens is 302 g/mol. The molecule has 0 saturated carbocycles. The van der Waals surface area contributed by atoms with Crippen LogP contribution in [0.5, 0.6) is 17.2 Å². The van der Waals surface area contributed by atoms with Crippen molar-refractivity contribution in [3.05, 3.63) is 23.3 Å². The predicted octanol–water partition coefficient (Wildman–Crippen LogP) is 1.54. The van der Waals surface area contributed by atoms with Gasteiger partial charge < -0.3 is 24.2 Å². The summed E-state index contributed by atoms with van der Waals surface area (Å²) in [4.78, 5) is 23.8. The monoisotopic (exact) mass is 321 g/mol. The lowest BCUT2D eigenvalue weighted by Gasteiger charge is -2.17. The summed E-state index contributed by atoms with van der Waals surface area (Å²) in [7, 11) is 3.19. The number of amides is 1. The van der Waals surface area contributed by atoms with E-state index in [1.807, 2.05) is 0 Å². The standard InChI is InChI=1S/C16H19NO6/c1-10(18)17(2)7-6-11-8-13-16(23-9-22-13)15(21-3)12(11)4-5-14(19)20/h4-5,8H,6-7,9H2,1-3H3,(H,19,20)/b5-4+. The number of fused-ring (bicyclic) bond motifs is 1. The van der Waals surface area contributed by atoms with Gasteiger partial charge in [0.05, 0.1) is 7.11 Å². The number of benzene rings is 1. The molecular formula is C16H19NO6. The van der Waals surface area contributed by atoms with E-state index in [9.17, 15) is 9.59 Å². The van der Waals surface area contributed by atoms with E-state index in [4.69, 9.17) is 19.3 Å². The van der Waals surface area contributed by atoms with Gasteiger partial charge in [0.2, 0.25) is 18.4 Å². The molecule has 1 aliphatic rings. The Morgan fingerprint density at radius 3 is 2.78 bits per heavy atom. The average Bonchev–Trinajstić information content (AvgIpc) is 2.97. The highest BCUT2D eigenvalue weighted by Gasteiger charge is 2.24. The Balaban J connectivity index is 2.42. The van der Waals surface area contributed by atoms with Crippen LogP contribution >= 0.6 is 0 Å². The smallest absolute Gasteiger partial charge is 0.328 e. The number of carbonyl (C=O) groups is 2. The number of carboxylic acids is 1. The molecule has 1 aromatic carbocycles. The van der Waals surface area contributed by atoms with Crippen LogP contribution in [0, 0.1) is 0 Å². The predicted molar refractivity (Wildman–Crippen MR) is 82.8 cm³/mol. The zero-order valence-electron chi connectivity index (χ0n) is 13.3. The fraction of sp³-hybridized carbons (Fsp3) is 0.375. The summed E-state index contributed by atoms with van der Waals surface area (Å²) >= 11 is 0. The molecule has 1 aliphatic heterocycles. The molecule has 2 rings (SSSR count). The number of carbonyl (C=O) groups excluding carboxylic acids is 1. The van der Waals surface area contributed by atoms with Crippen LogP contribution in [0.2, 0.25) is 0 Å². The van der Waals surface area contributed by atoms with Crippen molar-refractivity contribution in [3.8, 4) is 17.2 Å². The summed E-state index contributed by atoms with van der Waals surface area (Å²) in [6.07, 6.45) is 3.03. The largest absolute Gasteiger partial charge is 0.492 e. The first-order valence-corrected chi connectivity index (χ1v) is 7.06. The number of nitrogens with zero attached hydrogens (tertiary/aromatic N) is 1. The Morgan fingerprint density at radius 1 is 1.43 bits per heavy atom. The molecule has 7 heteroatoms. The van der Waals surface area contributed by atoms with E-state index < -0.39 is 5.97 Å². The molecule has 0 bridgehead atoms. The Hall–Kier alpha value is -2.70. The number of ether oxygens (including phenoxy) is 3. The SMILES string of the molecule is COc1c(/C=C/C(=O)O)c(CCN(C)C(C)=O)cc2c1OCO2. The summed E-state index contributed by atoms with van der Waals surface area (Å²) in [6, 6.07) is 1.79. The lowest BCUT2D eigenvalue weighted by atomic mass is 10.0. The first-order chi connectivity index (χ1) is 10.9. The minimum absolute atomic E-state index is 0.0414. The van der Waals surface area contributed by atoms with Gasteiger partial charge in [-0.05, 0) is 24.1 Å². The van der Waals surface area contributed by atoms with E-state index in [0.717, 1.165) is 11.6 Å². The lowest BCUT2D eigenvalue weighted by Crippen LogP contribution is -2.26. The second kappa shape index (κ2) is 7.04. The van der Waals surface area contributed by atoms with Crippen LogP contribution in [0.4, 0.5) is 0 Å². The molecule has 124 valence electrons. The van der Waals surface area contributed by atoms with Crippen molar-refractivity contribution in [1.82, 2.24) is 4.90 Å². The maximum atomic E-state index is 11.3. The van der Waals surface area contributed by atoms with Gasteiger partial charge in [-0.1, -0.05) is 0 Å². The summed E-state index contributed by atoms with van der Waals surface area (Å²) in [5, 5.41) is 8.88. The van der Waals surface area contributed by atoms with Crippen LogP contribution in [0.25, 0.3) is 6.08 Å². The summed E-state index contributed by atoms with van der Waals surface area (Å²) < 4.78 is 16.2. The Labute approximate surface area is 134 Å². The highest BCUT2D eigenvalue weighted by molar-refractivity contribution is 5.87. The maximum Gasteiger partial charge on any atom is 0.328 e. The molecule has 1 N–H and O–H groups in total. The zero-order valence-corrected chi connectivity index (χ0v) is 13.3. The van der Waals surface area contributed by atoms with Crippen molar-refractivity contribution in [2.45, 2.75) is 13.3 Å². The Morgan fingerprint density at radius 2 is 2.17 bits per heavy atom. The van der Waals surface area contributed by atoms with Crippen LogP contribution in [0.3, 0.4) is 0 Å². The zero-order chi connectivity index (χ0) is 17.0. The van der Waals surface area contributed by atoms with Gasteiger partial charge in [0, 0.05) is 32.2 Å². The number of hydrogen-bond donors (Lipinski definition) is 1. The average molecular weight is 321 g/mol. The molecule has 0 spiro atoms. The van der Waals surface area contributed by atoms with Gasteiger partial charge in [-0.3, -0.25) is 4.79 Å². The van der Waals surface area contributed by atoms with Gasteiger partial charge in [-0.2, -0.15) is 0 Å². The van der Waals surface area contributed by atoms with Crippen LogP contribution in [-0.4, -0.2) is 49.4 Å². The number of hydrogen-bond acceptors (Lipinski definition) is 5. The summed E-state index contributed by atoms with van der Waals surface area (Å²) in [5.74, 6) is 0.339. The molecule has 0 radical (unpaired) electrons. The van der Waals surface area contributed by atoms with E-state index in [0.29, 0.717) is 35.8 Å². The third kappa shape index (κ3) is 3.74. The Bertz CT molecular complexity index is 652. The van der Waals surface area contributed by atoms with Crippen molar-refractivity contribution >= 4 is 18.0 Å². The third-order valence-corrected chi connectivity index (χ3v) is 3.59. The second-order valence-electron chi connectivity index (χ2n) is 5.08. The highest BCUT2D eigenvalue weighted by Crippen LogP contribution is 2.45. The molecule has 0 aliphatic carbocycles. The second-order valence-corrected chi connectivity index (χ2v) is 5.08. The van der Waals surface area contributed by atoms with E-state index >= 15 is 0 Å². The molecule has 0 aromatic heterocycles. The van der Waals surface area contributed by atoms with Crippen molar-refractivity contribution in [2.75, 3.05) is 27.5 Å². The van der Waals surface area contributed by atoms with E-state index in [1.165, 1.54) is 20.1 Å². The first-order valence-electron chi connectivity index (χ1n) is 7.06. The summed E-state index contributed by atoms with van der Waals surface area (Å²) in [6.45, 7) is 2.07. The normalized spacial score (nSPS) is 12.5. The van der Waals surface area contributed by atoms with Gasteiger partial charge in [0.1, 0.15) is 0 Å². The molecule has 1 aromatic rings. The number of methoxy groups -OCH3 is 1. The molecule has 0 atom stereocenters. The van der Waals surface area contributed by atoms with Crippen LogP contribution in [0.1, 0.15) is 18.1 Å². The molecule has 1 amide bonds. The topological polar surface area (TPSA) is 85.3 Å². The van der Waals surface area contributed by atoms with Crippen molar-refractivity contribution in [2.24, 2.45) is 0 Å². The van der Waals surface area contributed by atoms with E-state index in [1.54, 1.807) is 18.0 Å². The number of aliphatic carboxylic acids is 1. The Kier molecular flexibility index (Phi) is 5.10. The van der Waals surface area contributed by atoms with Gasteiger partial charge in [-0.15, -0.1) is 0 Å². The van der Waals surface area contributed by atoms with Crippen LogP contribution in [0.15, 0.2) is 12.1 Å². The maximum absolute atomic E-state index is 11.3. The number of carboxylic acid groups (broad SMARTS) is 1. The van der Waals surface area contributed by atoms with E-state index in [2.05, 4.69) is 0 Å². The van der Waals surface area contributed by atoms with Crippen LogP contribution in [-0.2, 0) is 16.0 Å². The van der Waals surface area contributed by atoms with Gasteiger partial charge >= 0.3 is 5.97 Å². The first kappa shape index (κ1) is 16.7. The minimum Gasteiger partial charge on any atom is -0.492 e. The number of rotatable bonds is 6. The van der Waals surface area contributed by atoms with Gasteiger partial charge in [-0.25, -0.2) is 4.79 Å². The highest BCUT2D eigenvalue weighted by atomic mass is 16.7. The number of likely N-dealkylation sites (N-methyl/N-ethyl adjacent to an activating group) is 1. The lowest BCUT2D eigenvalue weighted by molar-refractivity contribution is -0.131. The fourth-order valence-corrected chi connectivity index (χ4v) is 2.27. The van der Waals surface area contributed by atoms with Crippen molar-refractivity contribution < 1.29 is 28.9 Å².